The highest BCUT2D eigenvalue weighted by Gasteiger charge is 2.31. The summed E-state index contributed by atoms with van der Waals surface area (Å²) in [7, 11) is -3.19. The number of anilines is 1. The first-order valence-corrected chi connectivity index (χ1v) is 13.7. The van der Waals surface area contributed by atoms with Crippen LogP contribution in [0.1, 0.15) is 22.6 Å². The molecule has 0 saturated heterocycles. The summed E-state index contributed by atoms with van der Waals surface area (Å²) in [5, 5.41) is 9.37. The first kappa shape index (κ1) is 30.5. The van der Waals surface area contributed by atoms with E-state index >= 15 is 0 Å². The highest BCUT2D eigenvalue weighted by atomic mass is 32.2. The van der Waals surface area contributed by atoms with E-state index in [4.69, 9.17) is 9.15 Å². The van der Waals surface area contributed by atoms with Crippen LogP contribution in [0.5, 0.6) is 5.75 Å². The van der Waals surface area contributed by atoms with Gasteiger partial charge in [-0.25, -0.2) is 9.37 Å². The van der Waals surface area contributed by atoms with Crippen molar-refractivity contribution in [2.45, 2.75) is 26.3 Å². The van der Waals surface area contributed by atoms with E-state index in [1.807, 2.05) is 0 Å². The summed E-state index contributed by atoms with van der Waals surface area (Å²) in [6.45, 7) is 0.378. The lowest BCUT2D eigenvalue weighted by Crippen LogP contribution is -2.44. The molecule has 0 spiro atoms. The molecule has 0 radical (unpaired) electrons. The Morgan fingerprint density at radius 2 is 1.74 bits per heavy atom. The molecule has 14 heteroatoms. The lowest BCUT2D eigenvalue weighted by atomic mass is 10.1. The molecule has 1 N–H and O–H groups in total. The minimum absolute atomic E-state index is 0.0149. The molecule has 1 aromatic heterocycles. The van der Waals surface area contributed by atoms with E-state index < -0.39 is 40.3 Å². The Balaban J connectivity index is 1.48. The molecule has 1 heterocycles. The average molecular weight is 608 g/mol. The number of aromatic nitrogens is 1. The zero-order valence-corrected chi connectivity index (χ0v) is 23.1. The van der Waals surface area contributed by atoms with Crippen molar-refractivity contribution < 1.29 is 45.0 Å². The number of alkyl halides is 3. The Hall–Kier alpha value is -4.43. The third-order valence-corrected chi connectivity index (χ3v) is 7.95. The van der Waals surface area contributed by atoms with Crippen molar-refractivity contribution in [1.82, 2.24) is 9.29 Å². The van der Waals surface area contributed by atoms with E-state index in [-0.39, 0.29) is 24.7 Å². The molecule has 0 unspecified atom stereocenters. The van der Waals surface area contributed by atoms with Crippen molar-refractivity contribution in [2.24, 2.45) is 0 Å². The number of nitrogens with zero attached hydrogens (tertiary/aromatic N) is 3. The number of hydrogen-bond acceptors (Lipinski definition) is 6. The predicted molar refractivity (Wildman–Crippen MR) is 144 cm³/mol. The van der Waals surface area contributed by atoms with Gasteiger partial charge in [0, 0.05) is 19.2 Å². The highest BCUT2D eigenvalue weighted by Crippen LogP contribution is 2.31. The summed E-state index contributed by atoms with van der Waals surface area (Å²) in [5.41, 5.74) is 0.367. The fourth-order valence-corrected chi connectivity index (χ4v) is 5.24. The zero-order chi connectivity index (χ0) is 30.7. The molecule has 0 atom stereocenters. The van der Waals surface area contributed by atoms with Crippen LogP contribution in [-0.2, 0) is 34.3 Å². The molecule has 0 saturated carbocycles. The van der Waals surface area contributed by atoms with Gasteiger partial charge in [-0.3, -0.25) is 9.10 Å². The van der Waals surface area contributed by atoms with Gasteiger partial charge in [0.15, 0.2) is 0 Å². The topological polar surface area (TPSA) is 113 Å². The number of carboxylic acid groups (broad SMARTS) is 1. The number of oxazole rings is 1. The van der Waals surface area contributed by atoms with E-state index in [2.05, 4.69) is 4.98 Å². The number of benzene rings is 3. The largest absolute Gasteiger partial charge is 0.487 e. The van der Waals surface area contributed by atoms with Gasteiger partial charge in [0.1, 0.15) is 36.2 Å². The third-order valence-electron chi connectivity index (χ3n) is 6.14. The van der Waals surface area contributed by atoms with Crippen LogP contribution in [0.2, 0.25) is 0 Å². The smallest absolute Gasteiger partial charge is 0.416 e. The van der Waals surface area contributed by atoms with E-state index in [9.17, 15) is 35.9 Å². The number of rotatable bonds is 11. The SMILES string of the molecule is Cc1oc(-c2ccc(C(F)(F)F)cc2)nc1COc1cccc(CN(CC(=O)O)S(=O)(=O)N(C)c2cccc(F)c2)c1. The predicted octanol–water partition coefficient (Wildman–Crippen LogP) is 5.65. The molecule has 0 fully saturated rings. The second-order valence-corrected chi connectivity index (χ2v) is 11.1. The summed E-state index contributed by atoms with van der Waals surface area (Å²) < 4.78 is 91.7. The van der Waals surface area contributed by atoms with Gasteiger partial charge < -0.3 is 14.3 Å². The standard InChI is InChI=1S/C28H25F4N3O6S/c1-18-25(33-27(41-18)20-9-11-21(12-10-20)28(30,31)32)17-40-24-8-3-5-19(13-24)15-35(16-26(36)37)42(38,39)34(2)23-7-4-6-22(29)14-23/h3-14H,15-17H2,1-2H3,(H,36,37). The molecule has 4 aromatic rings. The number of ether oxygens (including phenoxy) is 1. The fraction of sp³-hybridized carbons (Fsp3) is 0.214. The molecule has 3 aromatic carbocycles. The number of hydrogen-bond donors (Lipinski definition) is 1. The molecular formula is C28H25F4N3O6S. The van der Waals surface area contributed by atoms with Crippen molar-refractivity contribution in [2.75, 3.05) is 17.9 Å². The van der Waals surface area contributed by atoms with E-state index in [1.54, 1.807) is 25.1 Å². The molecule has 0 aliphatic rings. The van der Waals surface area contributed by atoms with Gasteiger partial charge in [-0.2, -0.15) is 25.9 Å². The van der Waals surface area contributed by atoms with Crippen LogP contribution in [0, 0.1) is 12.7 Å². The van der Waals surface area contributed by atoms with E-state index in [0.29, 0.717) is 28.3 Å². The summed E-state index contributed by atoms with van der Waals surface area (Å²) >= 11 is 0. The first-order valence-electron chi connectivity index (χ1n) is 12.3. The lowest BCUT2D eigenvalue weighted by Gasteiger charge is -2.28. The number of halogens is 4. The van der Waals surface area contributed by atoms with Crippen LogP contribution in [0.4, 0.5) is 23.2 Å². The van der Waals surface area contributed by atoms with E-state index in [0.717, 1.165) is 32.9 Å². The number of carboxylic acids is 1. The average Bonchev–Trinajstić information content (AvgIpc) is 3.31. The van der Waals surface area contributed by atoms with Crippen molar-refractivity contribution in [1.29, 1.82) is 0 Å². The Bertz CT molecular complexity index is 1670. The number of aryl methyl sites for hydroxylation is 1. The van der Waals surface area contributed by atoms with Crippen LogP contribution in [0.15, 0.2) is 77.2 Å². The zero-order valence-electron chi connectivity index (χ0n) is 22.3. The molecule has 4 rings (SSSR count). The summed E-state index contributed by atoms with van der Waals surface area (Å²) in [6, 6.07) is 15.6. The van der Waals surface area contributed by atoms with Crippen LogP contribution >= 0.6 is 0 Å². The lowest BCUT2D eigenvalue weighted by molar-refractivity contribution is -0.138. The molecule has 0 amide bonds. The van der Waals surface area contributed by atoms with Crippen LogP contribution < -0.4 is 9.04 Å². The monoisotopic (exact) mass is 607 g/mol. The normalized spacial score (nSPS) is 12.0. The first-order chi connectivity index (χ1) is 19.7. The molecule has 0 bridgehead atoms. The minimum atomic E-state index is -4.47. The molecular weight excluding hydrogens is 582 g/mol. The van der Waals surface area contributed by atoms with Gasteiger partial charge in [-0.15, -0.1) is 0 Å². The Kier molecular flexibility index (Phi) is 8.87. The van der Waals surface area contributed by atoms with Crippen molar-refractivity contribution >= 4 is 21.9 Å². The maximum absolute atomic E-state index is 13.7. The summed E-state index contributed by atoms with van der Waals surface area (Å²) in [5.74, 6) is -1.22. The van der Waals surface area contributed by atoms with Crippen LogP contribution in [-0.4, -0.2) is 42.4 Å². The summed E-state index contributed by atoms with van der Waals surface area (Å²) in [6.07, 6.45) is -4.47. The molecule has 222 valence electrons. The highest BCUT2D eigenvalue weighted by molar-refractivity contribution is 7.90. The van der Waals surface area contributed by atoms with Gasteiger partial charge in [0.05, 0.1) is 11.3 Å². The maximum Gasteiger partial charge on any atom is 0.416 e. The fourth-order valence-electron chi connectivity index (χ4n) is 3.92. The third kappa shape index (κ3) is 7.25. The van der Waals surface area contributed by atoms with Gasteiger partial charge in [0.25, 0.3) is 0 Å². The summed E-state index contributed by atoms with van der Waals surface area (Å²) in [4.78, 5) is 15.8. The van der Waals surface area contributed by atoms with Gasteiger partial charge in [-0.1, -0.05) is 18.2 Å². The maximum atomic E-state index is 13.7. The Morgan fingerprint density at radius 1 is 1.05 bits per heavy atom. The Morgan fingerprint density at radius 3 is 2.38 bits per heavy atom. The quantitative estimate of drug-likeness (QED) is 0.219. The van der Waals surface area contributed by atoms with Gasteiger partial charge >= 0.3 is 22.4 Å². The molecule has 0 aliphatic heterocycles. The number of aliphatic carboxylic acids is 1. The number of carbonyl (C=O) groups is 1. The molecule has 42 heavy (non-hydrogen) atoms. The molecule has 0 aliphatic carbocycles. The van der Waals surface area contributed by atoms with Crippen molar-refractivity contribution in [3.05, 3.63) is 101 Å². The van der Waals surface area contributed by atoms with Crippen LogP contribution in [0.3, 0.4) is 0 Å². The minimum Gasteiger partial charge on any atom is -0.487 e. The van der Waals surface area contributed by atoms with Crippen molar-refractivity contribution in [3.63, 3.8) is 0 Å². The van der Waals surface area contributed by atoms with Crippen LogP contribution in [0.25, 0.3) is 11.5 Å². The molecule has 9 nitrogen and oxygen atoms in total. The Labute approximate surface area is 238 Å². The van der Waals surface area contributed by atoms with Gasteiger partial charge in [-0.05, 0) is 67.1 Å². The van der Waals surface area contributed by atoms with Gasteiger partial charge in [0.2, 0.25) is 5.89 Å². The second-order valence-electron chi connectivity index (χ2n) is 9.15. The second kappa shape index (κ2) is 12.2. The van der Waals surface area contributed by atoms with E-state index in [1.165, 1.54) is 37.4 Å². The van der Waals surface area contributed by atoms with Crippen molar-refractivity contribution in [3.8, 4) is 17.2 Å².